The van der Waals surface area contributed by atoms with E-state index in [1.807, 2.05) is 37.3 Å². The molecule has 18 heavy (non-hydrogen) atoms. The summed E-state index contributed by atoms with van der Waals surface area (Å²) in [6.45, 7) is 1.99. The third kappa shape index (κ3) is 2.20. The van der Waals surface area contributed by atoms with E-state index in [1.54, 1.807) is 10.9 Å². The van der Waals surface area contributed by atoms with Gasteiger partial charge >= 0.3 is 5.97 Å². The molecule has 1 heterocycles. The molecule has 0 bridgehead atoms. The van der Waals surface area contributed by atoms with E-state index in [0.29, 0.717) is 5.69 Å². The van der Waals surface area contributed by atoms with Gasteiger partial charge in [-0.05, 0) is 12.5 Å². The van der Waals surface area contributed by atoms with Crippen LogP contribution in [0.15, 0.2) is 36.5 Å². The summed E-state index contributed by atoms with van der Waals surface area (Å²) in [5.41, 5.74) is 7.32. The summed E-state index contributed by atoms with van der Waals surface area (Å²) in [4.78, 5) is 11.4. The molecule has 1 aromatic heterocycles. The molecule has 0 spiro atoms. The fourth-order valence-corrected chi connectivity index (χ4v) is 1.74. The largest absolute Gasteiger partial charge is 0.464 e. The normalized spacial score (nSPS) is 12.1. The van der Waals surface area contributed by atoms with E-state index in [-0.39, 0.29) is 11.7 Å². The Morgan fingerprint density at radius 2 is 2.06 bits per heavy atom. The highest BCUT2D eigenvalue weighted by Crippen LogP contribution is 2.20. The fraction of sp³-hybridized carbons (Fsp3) is 0.231. The van der Waals surface area contributed by atoms with Gasteiger partial charge in [0.2, 0.25) is 0 Å². The number of hydrogen-bond acceptors (Lipinski definition) is 4. The van der Waals surface area contributed by atoms with Crippen molar-refractivity contribution in [3.63, 3.8) is 0 Å². The summed E-state index contributed by atoms with van der Waals surface area (Å²) in [6.07, 6.45) is 1.64. The number of methoxy groups -OCH3 is 1. The van der Waals surface area contributed by atoms with Crippen LogP contribution in [0.5, 0.6) is 0 Å². The smallest absolute Gasteiger partial charge is 0.360 e. The molecule has 1 unspecified atom stereocenters. The zero-order chi connectivity index (χ0) is 13.1. The van der Waals surface area contributed by atoms with Gasteiger partial charge in [0.05, 0.1) is 18.8 Å². The molecule has 2 N–H and O–H groups in total. The van der Waals surface area contributed by atoms with Crippen LogP contribution in [0.2, 0.25) is 0 Å². The molecule has 5 nitrogen and oxygen atoms in total. The van der Waals surface area contributed by atoms with Crippen molar-refractivity contribution in [3.8, 4) is 0 Å². The van der Waals surface area contributed by atoms with Gasteiger partial charge in [-0.15, -0.1) is 0 Å². The second-order valence-electron chi connectivity index (χ2n) is 3.99. The minimum absolute atomic E-state index is 0.00639. The predicted molar refractivity (Wildman–Crippen MR) is 68.2 cm³/mol. The molecule has 1 atom stereocenters. The number of rotatable bonds is 3. The summed E-state index contributed by atoms with van der Waals surface area (Å²) in [5.74, 6) is -0.522. The average Bonchev–Trinajstić information content (AvgIpc) is 2.80. The Morgan fingerprint density at radius 1 is 1.39 bits per heavy atom. The van der Waals surface area contributed by atoms with Crippen molar-refractivity contribution < 1.29 is 9.53 Å². The minimum atomic E-state index is -0.522. The number of nitrogens with zero attached hydrogens (tertiary/aromatic N) is 2. The topological polar surface area (TPSA) is 70.1 Å². The lowest BCUT2D eigenvalue weighted by Crippen LogP contribution is -2.10. The van der Waals surface area contributed by atoms with Crippen LogP contribution in [0.4, 0.5) is 5.69 Å². The monoisotopic (exact) mass is 245 g/mol. The van der Waals surface area contributed by atoms with E-state index < -0.39 is 5.97 Å². The van der Waals surface area contributed by atoms with Crippen LogP contribution in [0.3, 0.4) is 0 Å². The van der Waals surface area contributed by atoms with Crippen molar-refractivity contribution in [2.75, 3.05) is 12.8 Å². The van der Waals surface area contributed by atoms with Gasteiger partial charge in [-0.1, -0.05) is 30.3 Å². The van der Waals surface area contributed by atoms with Crippen molar-refractivity contribution in [1.29, 1.82) is 0 Å². The van der Waals surface area contributed by atoms with Gasteiger partial charge in [-0.25, -0.2) is 4.79 Å². The van der Waals surface area contributed by atoms with Gasteiger partial charge in [0.15, 0.2) is 5.69 Å². The Balaban J connectivity index is 2.32. The van der Waals surface area contributed by atoms with Crippen LogP contribution >= 0.6 is 0 Å². The molecule has 0 aliphatic heterocycles. The predicted octanol–water partition coefficient (Wildman–Crippen LogP) is 1.86. The van der Waals surface area contributed by atoms with Crippen LogP contribution < -0.4 is 5.73 Å². The van der Waals surface area contributed by atoms with Crippen LogP contribution in [-0.4, -0.2) is 22.9 Å². The van der Waals surface area contributed by atoms with Crippen molar-refractivity contribution in [3.05, 3.63) is 47.8 Å². The zero-order valence-electron chi connectivity index (χ0n) is 10.3. The Kier molecular flexibility index (Phi) is 3.32. The first-order valence-electron chi connectivity index (χ1n) is 5.61. The first-order chi connectivity index (χ1) is 8.63. The van der Waals surface area contributed by atoms with Gasteiger partial charge in [0.25, 0.3) is 0 Å². The fourth-order valence-electron chi connectivity index (χ4n) is 1.74. The molecule has 1 aromatic carbocycles. The molecule has 5 heteroatoms. The third-order valence-corrected chi connectivity index (χ3v) is 2.82. The van der Waals surface area contributed by atoms with E-state index in [9.17, 15) is 4.79 Å². The van der Waals surface area contributed by atoms with Crippen LogP contribution in [0.1, 0.15) is 29.0 Å². The number of anilines is 1. The highest BCUT2D eigenvalue weighted by atomic mass is 16.5. The highest BCUT2D eigenvalue weighted by molar-refractivity contribution is 5.92. The maximum Gasteiger partial charge on any atom is 0.360 e. The summed E-state index contributed by atoms with van der Waals surface area (Å²) in [5, 5.41) is 4.17. The van der Waals surface area contributed by atoms with Crippen molar-refractivity contribution in [2.24, 2.45) is 0 Å². The van der Waals surface area contributed by atoms with Gasteiger partial charge in [0.1, 0.15) is 0 Å². The number of nitrogen functional groups attached to an aromatic ring is 1. The SMILES string of the molecule is COC(=O)c1nn(C(C)c2ccccc2)cc1N. The molecule has 0 aliphatic rings. The van der Waals surface area contributed by atoms with E-state index >= 15 is 0 Å². The molecule has 94 valence electrons. The number of nitrogens with two attached hydrogens (primary N) is 1. The first kappa shape index (κ1) is 12.2. The van der Waals surface area contributed by atoms with Crippen LogP contribution in [-0.2, 0) is 4.74 Å². The highest BCUT2D eigenvalue weighted by Gasteiger charge is 2.18. The molecular formula is C13H15N3O2. The van der Waals surface area contributed by atoms with Crippen molar-refractivity contribution in [2.45, 2.75) is 13.0 Å². The Labute approximate surface area is 105 Å². The third-order valence-electron chi connectivity index (χ3n) is 2.82. The Hall–Kier alpha value is -2.30. The second-order valence-corrected chi connectivity index (χ2v) is 3.99. The lowest BCUT2D eigenvalue weighted by Gasteiger charge is -2.11. The van der Waals surface area contributed by atoms with Gasteiger partial charge in [0, 0.05) is 6.20 Å². The summed E-state index contributed by atoms with van der Waals surface area (Å²) in [7, 11) is 1.31. The summed E-state index contributed by atoms with van der Waals surface area (Å²) < 4.78 is 6.28. The van der Waals surface area contributed by atoms with Crippen molar-refractivity contribution >= 4 is 11.7 Å². The molecule has 0 fully saturated rings. The van der Waals surface area contributed by atoms with Gasteiger partial charge in [-0.2, -0.15) is 5.10 Å². The minimum Gasteiger partial charge on any atom is -0.464 e. The molecule has 2 aromatic rings. The van der Waals surface area contributed by atoms with Crippen molar-refractivity contribution in [1.82, 2.24) is 9.78 Å². The maximum atomic E-state index is 11.4. The molecule has 0 aliphatic carbocycles. The van der Waals surface area contributed by atoms with Crippen LogP contribution in [0.25, 0.3) is 0 Å². The second kappa shape index (κ2) is 4.91. The lowest BCUT2D eigenvalue weighted by molar-refractivity contribution is 0.0594. The summed E-state index contributed by atoms with van der Waals surface area (Å²) >= 11 is 0. The number of carbonyl (C=O) groups is 1. The first-order valence-corrected chi connectivity index (χ1v) is 5.61. The molecule has 0 radical (unpaired) electrons. The number of hydrogen-bond donors (Lipinski definition) is 1. The summed E-state index contributed by atoms with van der Waals surface area (Å²) in [6, 6.07) is 9.88. The van der Waals surface area contributed by atoms with E-state index in [4.69, 9.17) is 5.73 Å². The van der Waals surface area contributed by atoms with E-state index in [1.165, 1.54) is 7.11 Å². The van der Waals surface area contributed by atoms with Gasteiger partial charge < -0.3 is 10.5 Å². The number of aromatic nitrogens is 2. The number of ether oxygens (including phenoxy) is 1. The zero-order valence-corrected chi connectivity index (χ0v) is 10.3. The lowest BCUT2D eigenvalue weighted by atomic mass is 10.1. The number of carbonyl (C=O) groups excluding carboxylic acids is 1. The maximum absolute atomic E-state index is 11.4. The Bertz CT molecular complexity index is 549. The molecule has 2 rings (SSSR count). The molecular weight excluding hydrogens is 230 g/mol. The standard InChI is InChI=1S/C13H15N3O2/c1-9(10-6-4-3-5-7-10)16-8-11(14)12(15-16)13(17)18-2/h3-9H,14H2,1-2H3. The quantitative estimate of drug-likeness (QED) is 0.838. The van der Waals surface area contributed by atoms with Crippen LogP contribution in [0, 0.1) is 0 Å². The van der Waals surface area contributed by atoms with E-state index in [0.717, 1.165) is 5.56 Å². The number of benzene rings is 1. The molecule has 0 saturated heterocycles. The molecule has 0 amide bonds. The Morgan fingerprint density at radius 3 is 2.67 bits per heavy atom. The number of esters is 1. The molecule has 0 saturated carbocycles. The van der Waals surface area contributed by atoms with Gasteiger partial charge in [-0.3, -0.25) is 4.68 Å². The van der Waals surface area contributed by atoms with E-state index in [2.05, 4.69) is 9.84 Å². The average molecular weight is 245 g/mol.